The van der Waals surface area contributed by atoms with Crippen molar-refractivity contribution < 1.29 is 19.1 Å². The molecule has 134 valence electrons. The molecule has 1 saturated heterocycles. The standard InChI is InChI=1S/C19H18N2O4S/c1-11(12-4-6-13(20)7-5-12)17-18(22)21(19(23)26-17)15-9-8-14(24-2)10-16(15)25-3/h4-10H,20H2,1-3H3/b17-11-. The van der Waals surface area contributed by atoms with Crippen LogP contribution in [0.15, 0.2) is 47.4 Å². The Morgan fingerprint density at radius 2 is 1.73 bits per heavy atom. The SMILES string of the molecule is COc1ccc(N2C(=O)S/C(=C(/C)c3ccc(N)cc3)C2=O)c(OC)c1. The van der Waals surface area contributed by atoms with Crippen molar-refractivity contribution in [3.63, 3.8) is 0 Å². The number of hydrogen-bond donors (Lipinski definition) is 1. The average Bonchev–Trinajstić information content (AvgIpc) is 2.95. The normalized spacial score (nSPS) is 16.0. The number of rotatable bonds is 4. The molecule has 0 spiro atoms. The van der Waals surface area contributed by atoms with Gasteiger partial charge in [0, 0.05) is 11.8 Å². The highest BCUT2D eigenvalue weighted by atomic mass is 32.2. The maximum atomic E-state index is 12.9. The molecule has 1 aliphatic rings. The molecule has 1 aliphatic heterocycles. The Kier molecular flexibility index (Phi) is 4.90. The highest BCUT2D eigenvalue weighted by Gasteiger charge is 2.39. The van der Waals surface area contributed by atoms with E-state index in [2.05, 4.69) is 0 Å². The highest BCUT2D eigenvalue weighted by Crippen LogP contribution is 2.42. The van der Waals surface area contributed by atoms with Crippen LogP contribution in [0.4, 0.5) is 16.2 Å². The molecule has 2 aromatic rings. The molecule has 0 unspecified atom stereocenters. The van der Waals surface area contributed by atoms with Crippen LogP contribution in [0.25, 0.3) is 5.57 Å². The molecule has 3 rings (SSSR count). The van der Waals surface area contributed by atoms with Crippen LogP contribution in [0, 0.1) is 0 Å². The number of imide groups is 1. The molecule has 0 bridgehead atoms. The van der Waals surface area contributed by atoms with Gasteiger partial charge >= 0.3 is 0 Å². The summed E-state index contributed by atoms with van der Waals surface area (Å²) in [6.45, 7) is 1.81. The molecule has 26 heavy (non-hydrogen) atoms. The first kappa shape index (κ1) is 17.9. The Labute approximate surface area is 155 Å². The maximum absolute atomic E-state index is 12.9. The minimum atomic E-state index is -0.377. The van der Waals surface area contributed by atoms with E-state index in [4.69, 9.17) is 15.2 Å². The molecule has 7 heteroatoms. The van der Waals surface area contributed by atoms with Gasteiger partial charge in [0.15, 0.2) is 0 Å². The number of carbonyl (C=O) groups is 2. The Balaban J connectivity index is 2.02. The third-order valence-corrected chi connectivity index (χ3v) is 5.12. The average molecular weight is 370 g/mol. The summed E-state index contributed by atoms with van der Waals surface area (Å²) in [5, 5.41) is -0.372. The lowest BCUT2D eigenvalue weighted by Crippen LogP contribution is -2.28. The van der Waals surface area contributed by atoms with Crippen molar-refractivity contribution in [1.29, 1.82) is 0 Å². The smallest absolute Gasteiger partial charge is 0.298 e. The molecule has 0 radical (unpaired) electrons. The summed E-state index contributed by atoms with van der Waals surface area (Å²) in [6, 6.07) is 12.1. The van der Waals surface area contributed by atoms with Gasteiger partial charge in [-0.2, -0.15) is 0 Å². The number of ether oxygens (including phenoxy) is 2. The second kappa shape index (κ2) is 7.13. The number of hydrogen-bond acceptors (Lipinski definition) is 6. The molecule has 2 N–H and O–H groups in total. The van der Waals surface area contributed by atoms with Crippen LogP contribution in [-0.2, 0) is 4.79 Å². The van der Waals surface area contributed by atoms with Crippen LogP contribution in [0.2, 0.25) is 0 Å². The first-order chi connectivity index (χ1) is 12.5. The van der Waals surface area contributed by atoms with Gasteiger partial charge in [-0.25, -0.2) is 4.90 Å². The number of amides is 2. The van der Waals surface area contributed by atoms with E-state index in [9.17, 15) is 9.59 Å². The molecule has 6 nitrogen and oxygen atoms in total. The molecule has 1 heterocycles. The molecular formula is C19H18N2O4S. The zero-order valence-corrected chi connectivity index (χ0v) is 15.4. The van der Waals surface area contributed by atoms with Gasteiger partial charge in [0.1, 0.15) is 11.5 Å². The second-order valence-corrected chi connectivity index (χ2v) is 6.58. The van der Waals surface area contributed by atoms with Gasteiger partial charge in [0.25, 0.3) is 11.1 Å². The molecule has 0 atom stereocenters. The number of nitrogens with zero attached hydrogens (tertiary/aromatic N) is 1. The van der Waals surface area contributed by atoms with E-state index >= 15 is 0 Å². The summed E-state index contributed by atoms with van der Waals surface area (Å²) in [6.07, 6.45) is 0. The Morgan fingerprint density at radius 1 is 1.04 bits per heavy atom. The number of methoxy groups -OCH3 is 2. The predicted octanol–water partition coefficient (Wildman–Crippen LogP) is 3.92. The number of nitrogens with two attached hydrogens (primary N) is 1. The first-order valence-electron chi connectivity index (χ1n) is 7.81. The van der Waals surface area contributed by atoms with Crippen molar-refractivity contribution in [2.75, 3.05) is 24.9 Å². The van der Waals surface area contributed by atoms with Gasteiger partial charge < -0.3 is 15.2 Å². The number of thioether (sulfide) groups is 1. The fourth-order valence-corrected chi connectivity index (χ4v) is 3.54. The monoisotopic (exact) mass is 370 g/mol. The van der Waals surface area contributed by atoms with Crippen LogP contribution in [0.5, 0.6) is 11.5 Å². The zero-order valence-electron chi connectivity index (χ0n) is 14.6. The number of allylic oxidation sites excluding steroid dienone is 1. The van der Waals surface area contributed by atoms with Gasteiger partial charge in [-0.05, 0) is 54.1 Å². The van der Waals surface area contributed by atoms with Crippen LogP contribution in [0.3, 0.4) is 0 Å². The lowest BCUT2D eigenvalue weighted by Gasteiger charge is -2.17. The maximum Gasteiger partial charge on any atom is 0.298 e. The highest BCUT2D eigenvalue weighted by molar-refractivity contribution is 8.19. The van der Waals surface area contributed by atoms with E-state index in [1.54, 1.807) is 30.3 Å². The van der Waals surface area contributed by atoms with Gasteiger partial charge in [-0.15, -0.1) is 0 Å². The molecule has 0 aromatic heterocycles. The van der Waals surface area contributed by atoms with Crippen molar-refractivity contribution >= 4 is 39.9 Å². The van der Waals surface area contributed by atoms with Crippen LogP contribution in [0.1, 0.15) is 12.5 Å². The topological polar surface area (TPSA) is 81.9 Å². The van der Waals surface area contributed by atoms with E-state index < -0.39 is 0 Å². The fraction of sp³-hybridized carbons (Fsp3) is 0.158. The predicted molar refractivity (Wildman–Crippen MR) is 103 cm³/mol. The Bertz CT molecular complexity index is 906. The minimum absolute atomic E-state index is 0.372. The van der Waals surface area contributed by atoms with Gasteiger partial charge in [-0.1, -0.05) is 12.1 Å². The van der Waals surface area contributed by atoms with Crippen molar-refractivity contribution in [2.45, 2.75) is 6.92 Å². The molecule has 0 saturated carbocycles. The molecule has 1 fully saturated rings. The van der Waals surface area contributed by atoms with E-state index in [-0.39, 0.29) is 11.1 Å². The van der Waals surface area contributed by atoms with E-state index in [0.717, 1.165) is 27.8 Å². The molecular weight excluding hydrogens is 352 g/mol. The van der Waals surface area contributed by atoms with Crippen LogP contribution < -0.4 is 20.1 Å². The minimum Gasteiger partial charge on any atom is -0.497 e. The summed E-state index contributed by atoms with van der Waals surface area (Å²) in [4.78, 5) is 27.0. The van der Waals surface area contributed by atoms with Crippen LogP contribution >= 0.6 is 11.8 Å². The van der Waals surface area contributed by atoms with E-state index in [1.807, 2.05) is 19.1 Å². The zero-order chi connectivity index (χ0) is 18.8. The number of benzene rings is 2. The van der Waals surface area contributed by atoms with E-state index in [1.165, 1.54) is 14.2 Å². The summed E-state index contributed by atoms with van der Waals surface area (Å²) < 4.78 is 10.5. The molecule has 0 aliphatic carbocycles. The molecule has 2 amide bonds. The molecule has 2 aromatic carbocycles. The summed E-state index contributed by atoms with van der Waals surface area (Å²) in [5.74, 6) is 0.585. The van der Waals surface area contributed by atoms with E-state index in [0.29, 0.717) is 27.8 Å². The lowest BCUT2D eigenvalue weighted by atomic mass is 10.1. The Hall–Kier alpha value is -2.93. The summed E-state index contributed by atoms with van der Waals surface area (Å²) in [5.41, 5.74) is 8.29. The van der Waals surface area contributed by atoms with Crippen molar-refractivity contribution in [3.8, 4) is 11.5 Å². The first-order valence-corrected chi connectivity index (χ1v) is 8.63. The Morgan fingerprint density at radius 3 is 2.35 bits per heavy atom. The number of nitrogen functional groups attached to an aromatic ring is 1. The van der Waals surface area contributed by atoms with Crippen LogP contribution in [-0.4, -0.2) is 25.4 Å². The van der Waals surface area contributed by atoms with Gasteiger partial charge in [0.05, 0.1) is 24.8 Å². The third-order valence-electron chi connectivity index (χ3n) is 4.08. The van der Waals surface area contributed by atoms with Crippen molar-refractivity contribution in [1.82, 2.24) is 0 Å². The second-order valence-electron chi connectivity index (χ2n) is 5.62. The summed E-state index contributed by atoms with van der Waals surface area (Å²) in [7, 11) is 3.01. The quantitative estimate of drug-likeness (QED) is 0.649. The third kappa shape index (κ3) is 3.13. The van der Waals surface area contributed by atoms with Crippen molar-refractivity contribution in [2.24, 2.45) is 0 Å². The fourth-order valence-electron chi connectivity index (χ4n) is 2.64. The largest absolute Gasteiger partial charge is 0.497 e. The van der Waals surface area contributed by atoms with Gasteiger partial charge in [0.2, 0.25) is 0 Å². The number of anilines is 2. The van der Waals surface area contributed by atoms with Crippen molar-refractivity contribution in [3.05, 3.63) is 52.9 Å². The number of carbonyl (C=O) groups excluding carboxylic acids is 2. The lowest BCUT2D eigenvalue weighted by molar-refractivity contribution is -0.113. The van der Waals surface area contributed by atoms with Gasteiger partial charge in [-0.3, -0.25) is 9.59 Å². The summed E-state index contributed by atoms with van der Waals surface area (Å²) >= 11 is 0.912.